The van der Waals surface area contributed by atoms with Crippen LogP contribution in [0, 0.1) is 6.07 Å². The second-order valence-corrected chi connectivity index (χ2v) is 13.8. The van der Waals surface area contributed by atoms with Gasteiger partial charge in [0.2, 0.25) is 0 Å². The van der Waals surface area contributed by atoms with Crippen molar-refractivity contribution in [3.05, 3.63) is 78.9 Å². The number of phenols is 1. The number of fused-ring (bicyclic) bond motifs is 2. The number of nitrogens with two attached hydrogens (primary N) is 1. The van der Waals surface area contributed by atoms with Gasteiger partial charge in [0.05, 0.1) is 31.7 Å². The molecule has 18 nitrogen and oxygen atoms in total. The number of hydrogen-bond acceptors (Lipinski definition) is 18. The summed E-state index contributed by atoms with van der Waals surface area (Å²) in [5, 5.41) is 27.0. The molecule has 250 valence electrons. The van der Waals surface area contributed by atoms with Crippen LogP contribution in [0.1, 0.15) is 0 Å². The minimum atomic E-state index is -5.19. The third-order valence-electron chi connectivity index (χ3n) is 6.16. The first-order chi connectivity index (χ1) is 22.3. The van der Waals surface area contributed by atoms with Gasteiger partial charge < -0.3 is 24.5 Å². The second-order valence-electron chi connectivity index (χ2n) is 9.23. The molecule has 0 saturated carbocycles. The van der Waals surface area contributed by atoms with E-state index < -0.39 is 67.1 Å². The van der Waals surface area contributed by atoms with E-state index in [1.807, 2.05) is 0 Å². The van der Waals surface area contributed by atoms with Crippen molar-refractivity contribution >= 4 is 90.9 Å². The number of aromatic hydroxyl groups is 1. The molecule has 0 aromatic heterocycles. The summed E-state index contributed by atoms with van der Waals surface area (Å²) in [6.45, 7) is 0. The molecule has 5 rings (SSSR count). The van der Waals surface area contributed by atoms with E-state index in [0.29, 0.717) is 0 Å². The van der Waals surface area contributed by atoms with Gasteiger partial charge in [-0.3, -0.25) is 0 Å². The fraction of sp³-hybridized carbons (Fsp3) is 0. The first-order valence-corrected chi connectivity index (χ1v) is 17.6. The smallest absolute Gasteiger partial charge is 0.744 e. The molecule has 0 unspecified atom stereocenters. The van der Waals surface area contributed by atoms with E-state index >= 15 is 0 Å². The number of hydrogen-bond donors (Lipinski definition) is 2. The Morgan fingerprint density at radius 2 is 1.12 bits per heavy atom. The van der Waals surface area contributed by atoms with Crippen molar-refractivity contribution in [2.24, 2.45) is 20.5 Å². The molecule has 0 radical (unpaired) electrons. The summed E-state index contributed by atoms with van der Waals surface area (Å²) < 4.78 is 130. The van der Waals surface area contributed by atoms with E-state index in [-0.39, 0.29) is 163 Å². The maximum atomic E-state index is 12.0. The van der Waals surface area contributed by atoms with Crippen molar-refractivity contribution in [1.29, 1.82) is 0 Å². The second kappa shape index (κ2) is 20.6. The molecule has 0 aliphatic carbocycles. The zero-order valence-corrected chi connectivity index (χ0v) is 38.5. The van der Waals surface area contributed by atoms with Crippen LogP contribution in [0.25, 0.3) is 21.5 Å². The standard InChI is InChI=1S/C26H18N5O10S3.4Na.O3S/c27-15-2-1-14-11-24(44(39,40)41)25(26(32)20(14)12-15)31-30-23-10-9-22(19-8-7-18(13-21(19)23)43(36,37)38)29-28-16-3-5-17(6-4-16)42(33,34)35;;;;;1-4(2)3/h1,3-13,32H,27H2,(H,33,34,35)(H,36,37,38)(H,39,40,41);;;;;/q-1;4*+1;/p-3. The van der Waals surface area contributed by atoms with Gasteiger partial charge in [-0.1, -0.05) is 23.2 Å². The minimum Gasteiger partial charge on any atom is -0.744 e. The van der Waals surface area contributed by atoms with Gasteiger partial charge in [0.15, 0.2) is 0 Å². The molecule has 0 atom stereocenters. The van der Waals surface area contributed by atoms with Crippen molar-refractivity contribution in [2.45, 2.75) is 14.7 Å². The van der Waals surface area contributed by atoms with Gasteiger partial charge in [-0.15, -0.1) is 39.4 Å². The maximum absolute atomic E-state index is 12.0. The van der Waals surface area contributed by atoms with E-state index in [1.165, 1.54) is 42.5 Å². The fourth-order valence-electron chi connectivity index (χ4n) is 4.11. The number of nitrogens with zero attached hydrogens (tertiary/aromatic N) is 4. The average Bonchev–Trinajstić information content (AvgIpc) is 2.98. The molecular formula is C26H15N5Na4O13S4. The third-order valence-corrected chi connectivity index (χ3v) is 8.69. The molecule has 5 aromatic rings. The van der Waals surface area contributed by atoms with Crippen molar-refractivity contribution in [2.75, 3.05) is 5.73 Å². The van der Waals surface area contributed by atoms with Crippen LogP contribution < -0.4 is 124 Å². The summed E-state index contributed by atoms with van der Waals surface area (Å²) in [6.07, 6.45) is 0. The number of nitrogen functional groups attached to an aromatic ring is 1. The van der Waals surface area contributed by atoms with Gasteiger partial charge in [0.1, 0.15) is 41.8 Å². The van der Waals surface area contributed by atoms with E-state index in [2.05, 4.69) is 26.5 Å². The Morgan fingerprint density at radius 1 is 0.615 bits per heavy atom. The number of anilines is 1. The van der Waals surface area contributed by atoms with Crippen LogP contribution in [0.5, 0.6) is 5.75 Å². The Morgan fingerprint density at radius 3 is 1.63 bits per heavy atom. The summed E-state index contributed by atoms with van der Waals surface area (Å²) in [5.41, 5.74) is 5.26. The van der Waals surface area contributed by atoms with Crippen LogP contribution in [-0.2, 0) is 41.0 Å². The first kappa shape index (κ1) is 50.8. The quantitative estimate of drug-likeness (QED) is 0.0506. The van der Waals surface area contributed by atoms with Gasteiger partial charge in [0, 0.05) is 10.8 Å². The predicted octanol–water partition coefficient (Wildman–Crippen LogP) is -8.36. The largest absolute Gasteiger partial charge is 1.00 e. The topological polar surface area (TPSA) is 318 Å². The summed E-state index contributed by atoms with van der Waals surface area (Å²) in [6, 6.07) is 16.5. The normalized spacial score (nSPS) is 11.4. The van der Waals surface area contributed by atoms with Crippen LogP contribution >= 0.6 is 0 Å². The van der Waals surface area contributed by atoms with Crippen molar-refractivity contribution in [1.82, 2.24) is 0 Å². The zero-order valence-electron chi connectivity index (χ0n) is 27.3. The van der Waals surface area contributed by atoms with Crippen LogP contribution in [0.2, 0.25) is 0 Å². The number of phenolic OH excluding ortho intramolecular Hbond substituents is 1. The van der Waals surface area contributed by atoms with E-state index in [4.69, 9.17) is 18.4 Å². The van der Waals surface area contributed by atoms with Crippen LogP contribution in [0.4, 0.5) is 28.4 Å². The van der Waals surface area contributed by atoms with Gasteiger partial charge in [-0.2, -0.15) is 17.2 Å². The Kier molecular flexibility index (Phi) is 20.1. The van der Waals surface area contributed by atoms with E-state index in [1.54, 1.807) is 0 Å². The summed E-state index contributed by atoms with van der Waals surface area (Å²) in [7, 11) is -17.9. The minimum absolute atomic E-state index is 0. The molecule has 0 saturated heterocycles. The molecule has 0 bridgehead atoms. The SMILES string of the molecule is Nc1[c-]cc2cc(S(=O)(=O)[O-])c(N=Nc3ccc(N=Nc4ccc(S(=O)(=O)[O-])cc4)c4ccc(S(=O)(=O)[O-])cc34)c(O)c2c1.O=S(=O)=O.[Na+].[Na+].[Na+].[Na+]. The van der Waals surface area contributed by atoms with Crippen LogP contribution in [0.15, 0.2) is 108 Å². The zero-order chi connectivity index (χ0) is 35.6. The van der Waals surface area contributed by atoms with Crippen molar-refractivity contribution in [3.63, 3.8) is 0 Å². The molecule has 0 heterocycles. The summed E-state index contributed by atoms with van der Waals surface area (Å²) in [4.78, 5) is -2.03. The summed E-state index contributed by atoms with van der Waals surface area (Å²) >= 11 is 0. The maximum Gasteiger partial charge on any atom is 1.00 e. The Bertz CT molecular complexity index is 2630. The Hall–Kier alpha value is -1.23. The molecule has 0 aliphatic rings. The number of benzene rings is 5. The first-order valence-electron chi connectivity index (χ1n) is 12.4. The van der Waals surface area contributed by atoms with Gasteiger partial charge in [-0.25, -0.2) is 25.3 Å². The molecule has 3 N–H and O–H groups in total. The molecule has 0 amide bonds. The average molecular weight is 826 g/mol. The molecule has 5 aromatic carbocycles. The van der Waals surface area contributed by atoms with E-state index in [9.17, 15) is 44.0 Å². The third kappa shape index (κ3) is 13.2. The van der Waals surface area contributed by atoms with Gasteiger partial charge in [-0.05, 0) is 48.5 Å². The van der Waals surface area contributed by atoms with E-state index in [0.717, 1.165) is 30.3 Å². The molecule has 0 fully saturated rings. The fourth-order valence-corrected chi connectivity index (χ4v) is 5.72. The molecule has 26 heteroatoms. The predicted molar refractivity (Wildman–Crippen MR) is 161 cm³/mol. The summed E-state index contributed by atoms with van der Waals surface area (Å²) in [5.74, 6) is -0.727. The van der Waals surface area contributed by atoms with Gasteiger partial charge >= 0.3 is 129 Å². The Labute approximate surface area is 385 Å². The number of rotatable bonds is 7. The van der Waals surface area contributed by atoms with Crippen LogP contribution in [-0.4, -0.2) is 56.6 Å². The molecule has 0 aliphatic heterocycles. The van der Waals surface area contributed by atoms with Crippen molar-refractivity contribution in [3.8, 4) is 5.75 Å². The van der Waals surface area contributed by atoms with Gasteiger partial charge in [0.25, 0.3) is 0 Å². The number of azo groups is 2. The Balaban J connectivity index is 0.00000309. The molecule has 0 spiro atoms. The molecule has 52 heavy (non-hydrogen) atoms. The van der Waals surface area contributed by atoms with Crippen molar-refractivity contribution < 1.29 is 175 Å². The monoisotopic (exact) mass is 825 g/mol. The molecular weight excluding hydrogens is 811 g/mol. The van der Waals surface area contributed by atoms with Crippen LogP contribution in [0.3, 0.4) is 0 Å².